The Morgan fingerprint density at radius 2 is 1.91 bits per heavy atom. The number of guanidine groups is 1. The first kappa shape index (κ1) is 17.4. The first-order valence-corrected chi connectivity index (χ1v) is 8.41. The lowest BCUT2D eigenvalue weighted by Crippen LogP contribution is -2.43. The summed E-state index contributed by atoms with van der Waals surface area (Å²) in [6.07, 6.45) is 2.32. The first-order valence-electron chi connectivity index (χ1n) is 8.41. The van der Waals surface area contributed by atoms with Crippen LogP contribution in [-0.4, -0.2) is 39.3 Å². The van der Waals surface area contributed by atoms with Gasteiger partial charge in [0.1, 0.15) is 13.2 Å². The highest BCUT2D eigenvalue weighted by molar-refractivity contribution is 5.79. The molecule has 0 saturated carbocycles. The molecule has 0 saturated heterocycles. The Balaban J connectivity index is 1.98. The minimum Gasteiger partial charge on any atom is -0.486 e. The highest BCUT2D eigenvalue weighted by Crippen LogP contribution is 2.34. The van der Waals surface area contributed by atoms with Gasteiger partial charge >= 0.3 is 0 Å². The summed E-state index contributed by atoms with van der Waals surface area (Å²) in [7, 11) is 1.80. The van der Waals surface area contributed by atoms with E-state index >= 15 is 0 Å². The monoisotopic (exact) mass is 319 g/mol. The van der Waals surface area contributed by atoms with Crippen LogP contribution in [0.3, 0.4) is 0 Å². The molecule has 2 rings (SSSR count). The number of fused-ring (bicyclic) bond motifs is 1. The fraction of sp³-hybridized carbons (Fsp3) is 0.611. The second kappa shape index (κ2) is 8.09. The van der Waals surface area contributed by atoms with E-state index in [0.29, 0.717) is 13.2 Å². The minimum atomic E-state index is -0.0434. The highest BCUT2D eigenvalue weighted by Gasteiger charge is 2.23. The molecule has 0 fully saturated rings. The molecule has 23 heavy (non-hydrogen) atoms. The van der Waals surface area contributed by atoms with Crippen LogP contribution in [0.5, 0.6) is 11.5 Å². The van der Waals surface area contributed by atoms with Crippen LogP contribution in [0.15, 0.2) is 23.2 Å². The van der Waals surface area contributed by atoms with Gasteiger partial charge in [0.25, 0.3) is 0 Å². The van der Waals surface area contributed by atoms with Crippen molar-refractivity contribution in [1.29, 1.82) is 0 Å². The highest BCUT2D eigenvalue weighted by atomic mass is 16.6. The lowest BCUT2D eigenvalue weighted by atomic mass is 9.84. The van der Waals surface area contributed by atoms with Crippen molar-refractivity contribution in [2.24, 2.45) is 4.99 Å². The Morgan fingerprint density at radius 1 is 1.17 bits per heavy atom. The van der Waals surface area contributed by atoms with E-state index in [4.69, 9.17) is 9.47 Å². The number of aliphatic imine (C=N–C) groups is 1. The lowest BCUT2D eigenvalue weighted by Gasteiger charge is -2.28. The normalized spacial score (nSPS) is 14.5. The zero-order chi connectivity index (χ0) is 16.7. The largest absolute Gasteiger partial charge is 0.486 e. The summed E-state index contributed by atoms with van der Waals surface area (Å²) in [5.41, 5.74) is 1.18. The lowest BCUT2D eigenvalue weighted by molar-refractivity contribution is 0.171. The number of hydrogen-bond acceptors (Lipinski definition) is 3. The molecule has 0 atom stereocenters. The smallest absolute Gasteiger partial charge is 0.191 e. The van der Waals surface area contributed by atoms with Gasteiger partial charge in [-0.3, -0.25) is 4.99 Å². The third-order valence-electron chi connectivity index (χ3n) is 4.07. The van der Waals surface area contributed by atoms with Gasteiger partial charge in [0.05, 0.1) is 0 Å². The van der Waals surface area contributed by atoms with E-state index in [2.05, 4.69) is 48.5 Å². The molecule has 128 valence electrons. The van der Waals surface area contributed by atoms with Gasteiger partial charge < -0.3 is 20.1 Å². The molecule has 0 amide bonds. The van der Waals surface area contributed by atoms with Crippen LogP contribution in [0.25, 0.3) is 0 Å². The number of hydrogen-bond donors (Lipinski definition) is 2. The Morgan fingerprint density at radius 3 is 2.61 bits per heavy atom. The number of nitrogens with zero attached hydrogens (tertiary/aromatic N) is 1. The molecule has 0 aliphatic carbocycles. The average Bonchev–Trinajstić information content (AvgIpc) is 2.57. The first-order chi connectivity index (χ1) is 11.1. The van der Waals surface area contributed by atoms with Crippen molar-refractivity contribution < 1.29 is 9.47 Å². The van der Waals surface area contributed by atoms with Gasteiger partial charge in [-0.25, -0.2) is 0 Å². The summed E-state index contributed by atoms with van der Waals surface area (Å²) in [5.74, 6) is 2.53. The van der Waals surface area contributed by atoms with Gasteiger partial charge in [-0.1, -0.05) is 33.3 Å². The molecule has 1 aromatic carbocycles. The molecule has 5 heteroatoms. The van der Waals surface area contributed by atoms with Crippen molar-refractivity contribution >= 4 is 5.96 Å². The molecule has 0 spiro atoms. The topological polar surface area (TPSA) is 54.9 Å². The average molecular weight is 319 g/mol. The van der Waals surface area contributed by atoms with Gasteiger partial charge in [-0.15, -0.1) is 0 Å². The van der Waals surface area contributed by atoms with Crippen LogP contribution in [0.1, 0.15) is 39.2 Å². The van der Waals surface area contributed by atoms with Crippen molar-refractivity contribution in [3.8, 4) is 11.5 Å². The van der Waals surface area contributed by atoms with E-state index in [-0.39, 0.29) is 5.41 Å². The Kier molecular flexibility index (Phi) is 6.13. The second-order valence-corrected chi connectivity index (χ2v) is 6.45. The van der Waals surface area contributed by atoms with Gasteiger partial charge in [-0.05, 0) is 24.1 Å². The van der Waals surface area contributed by atoms with E-state index in [1.165, 1.54) is 12.0 Å². The number of unbranched alkanes of at least 4 members (excludes halogenated alkanes) is 1. The van der Waals surface area contributed by atoms with Crippen molar-refractivity contribution in [3.63, 3.8) is 0 Å². The van der Waals surface area contributed by atoms with Crippen LogP contribution in [0, 0.1) is 0 Å². The van der Waals surface area contributed by atoms with Crippen molar-refractivity contribution in [2.45, 2.75) is 39.0 Å². The summed E-state index contributed by atoms with van der Waals surface area (Å²) >= 11 is 0. The van der Waals surface area contributed by atoms with Crippen LogP contribution < -0.4 is 20.1 Å². The van der Waals surface area contributed by atoms with Gasteiger partial charge in [0, 0.05) is 25.6 Å². The van der Waals surface area contributed by atoms with E-state index < -0.39 is 0 Å². The van der Waals surface area contributed by atoms with E-state index in [9.17, 15) is 0 Å². The molecular weight excluding hydrogens is 290 g/mol. The molecule has 1 aliphatic heterocycles. The Hall–Kier alpha value is -1.91. The number of nitrogens with one attached hydrogen (secondary N) is 2. The Bertz CT molecular complexity index is 541. The number of rotatable bonds is 6. The molecule has 5 nitrogen and oxygen atoms in total. The zero-order valence-electron chi connectivity index (χ0n) is 14.7. The van der Waals surface area contributed by atoms with Crippen LogP contribution >= 0.6 is 0 Å². The number of benzene rings is 1. The number of ether oxygens (including phenoxy) is 2. The maximum absolute atomic E-state index is 5.69. The van der Waals surface area contributed by atoms with E-state index in [0.717, 1.165) is 37.0 Å². The molecule has 0 aromatic heterocycles. The zero-order valence-corrected chi connectivity index (χ0v) is 14.7. The van der Waals surface area contributed by atoms with Crippen LogP contribution in [0.4, 0.5) is 0 Å². The van der Waals surface area contributed by atoms with Crippen molar-refractivity contribution in [1.82, 2.24) is 10.6 Å². The molecule has 1 aliphatic rings. The quantitative estimate of drug-likeness (QED) is 0.481. The minimum absolute atomic E-state index is 0.0434. The molecule has 2 N–H and O–H groups in total. The predicted molar refractivity (Wildman–Crippen MR) is 94.7 cm³/mol. The molecule has 0 bridgehead atoms. The molecule has 0 unspecified atom stereocenters. The maximum atomic E-state index is 5.69. The van der Waals surface area contributed by atoms with Crippen molar-refractivity contribution in [3.05, 3.63) is 23.8 Å². The molecule has 1 heterocycles. The summed E-state index contributed by atoms with van der Waals surface area (Å²) in [5, 5.41) is 6.75. The van der Waals surface area contributed by atoms with Gasteiger partial charge in [0.15, 0.2) is 17.5 Å². The molecule has 1 aromatic rings. The standard InChI is InChI=1S/C18H29N3O2/c1-5-6-9-20-17(19-4)21-13-18(2,3)14-7-8-15-16(12-14)23-11-10-22-15/h7-8,12H,5-6,9-11,13H2,1-4H3,(H2,19,20,21). The molecule has 0 radical (unpaired) electrons. The maximum Gasteiger partial charge on any atom is 0.191 e. The van der Waals surface area contributed by atoms with Crippen molar-refractivity contribution in [2.75, 3.05) is 33.4 Å². The summed E-state index contributed by atoms with van der Waals surface area (Å²) in [6.45, 7) is 9.58. The summed E-state index contributed by atoms with van der Waals surface area (Å²) in [6, 6.07) is 6.20. The second-order valence-electron chi connectivity index (χ2n) is 6.45. The summed E-state index contributed by atoms with van der Waals surface area (Å²) < 4.78 is 11.3. The predicted octanol–water partition coefficient (Wildman–Crippen LogP) is 2.70. The van der Waals surface area contributed by atoms with E-state index in [1.54, 1.807) is 7.05 Å². The van der Waals surface area contributed by atoms with Crippen LogP contribution in [-0.2, 0) is 5.41 Å². The summed E-state index contributed by atoms with van der Waals surface area (Å²) in [4.78, 5) is 4.28. The fourth-order valence-corrected chi connectivity index (χ4v) is 2.48. The molecular formula is C18H29N3O2. The SMILES string of the molecule is CCCCNC(=NC)NCC(C)(C)c1ccc2c(c1)OCCO2. The van der Waals surface area contributed by atoms with Gasteiger partial charge in [0.2, 0.25) is 0 Å². The van der Waals surface area contributed by atoms with E-state index in [1.807, 2.05) is 6.07 Å². The van der Waals surface area contributed by atoms with Crippen LogP contribution in [0.2, 0.25) is 0 Å². The fourth-order valence-electron chi connectivity index (χ4n) is 2.48. The third kappa shape index (κ3) is 4.78. The third-order valence-corrected chi connectivity index (χ3v) is 4.07. The Labute approximate surface area is 139 Å². The van der Waals surface area contributed by atoms with Gasteiger partial charge in [-0.2, -0.15) is 0 Å².